The average Bonchev–Trinajstić information content (AvgIpc) is 2.26. The van der Waals surface area contributed by atoms with Gasteiger partial charge in [0.25, 0.3) is 0 Å². The maximum Gasteiger partial charge on any atom is 0.326 e. The number of hydrogen-bond donors (Lipinski definition) is 1. The zero-order chi connectivity index (χ0) is 13.9. The van der Waals surface area contributed by atoms with E-state index in [2.05, 4.69) is 0 Å². The molecule has 5 nitrogen and oxygen atoms in total. The molecule has 18 heavy (non-hydrogen) atoms. The smallest absolute Gasteiger partial charge is 0.326 e. The van der Waals surface area contributed by atoms with Gasteiger partial charge in [0.2, 0.25) is 5.91 Å². The summed E-state index contributed by atoms with van der Waals surface area (Å²) in [6.45, 7) is 6.14. The number of carboxylic acid groups (broad SMARTS) is 1. The van der Waals surface area contributed by atoms with E-state index in [9.17, 15) is 14.7 Å². The molecule has 5 heteroatoms. The van der Waals surface area contributed by atoms with Gasteiger partial charge >= 0.3 is 5.97 Å². The molecule has 1 heterocycles. The van der Waals surface area contributed by atoms with Crippen LogP contribution in [0.15, 0.2) is 0 Å². The number of rotatable bonds is 4. The van der Waals surface area contributed by atoms with Crippen LogP contribution in [0.1, 0.15) is 33.6 Å². The molecule has 0 spiro atoms. The van der Waals surface area contributed by atoms with Crippen molar-refractivity contribution in [3.63, 3.8) is 0 Å². The maximum absolute atomic E-state index is 12.3. The van der Waals surface area contributed by atoms with Crippen LogP contribution in [0.5, 0.6) is 0 Å². The minimum absolute atomic E-state index is 0.0726. The molecule has 3 atom stereocenters. The largest absolute Gasteiger partial charge is 0.480 e. The van der Waals surface area contributed by atoms with E-state index in [0.717, 1.165) is 0 Å². The van der Waals surface area contributed by atoms with Gasteiger partial charge in [-0.2, -0.15) is 0 Å². The van der Waals surface area contributed by atoms with Gasteiger partial charge in [0, 0.05) is 19.6 Å². The summed E-state index contributed by atoms with van der Waals surface area (Å²) in [7, 11) is 1.58. The van der Waals surface area contributed by atoms with Gasteiger partial charge in [-0.1, -0.05) is 13.8 Å². The summed E-state index contributed by atoms with van der Waals surface area (Å²) in [6, 6.07) is -0.754. The number of amides is 1. The number of ether oxygens (including phenoxy) is 1. The Bertz CT molecular complexity index is 316. The van der Waals surface area contributed by atoms with Gasteiger partial charge in [0.1, 0.15) is 6.04 Å². The Kier molecular flexibility index (Phi) is 5.14. The molecule has 0 aromatic carbocycles. The zero-order valence-corrected chi connectivity index (χ0v) is 11.5. The molecule has 1 fully saturated rings. The van der Waals surface area contributed by atoms with Crippen molar-refractivity contribution in [1.29, 1.82) is 0 Å². The standard InChI is InChI=1S/C13H23NO4/c1-8(2)11(13(16)17)14(4)12(15)10-5-6-18-9(3)7-10/h8-11H,5-7H2,1-4H3,(H,16,17). The Morgan fingerprint density at radius 1 is 1.39 bits per heavy atom. The number of carboxylic acids is 1. The van der Waals surface area contributed by atoms with E-state index >= 15 is 0 Å². The first-order chi connectivity index (χ1) is 8.34. The Labute approximate surface area is 108 Å². The topological polar surface area (TPSA) is 66.8 Å². The third-order valence-corrected chi connectivity index (χ3v) is 3.48. The summed E-state index contributed by atoms with van der Waals surface area (Å²) >= 11 is 0. The van der Waals surface area contributed by atoms with E-state index in [4.69, 9.17) is 4.74 Å². The van der Waals surface area contributed by atoms with Crippen molar-refractivity contribution in [2.45, 2.75) is 45.8 Å². The molecule has 0 aromatic heterocycles. The molecule has 1 amide bonds. The molecule has 0 saturated carbocycles. The molecule has 0 radical (unpaired) electrons. The van der Waals surface area contributed by atoms with Gasteiger partial charge in [-0.25, -0.2) is 4.79 Å². The summed E-state index contributed by atoms with van der Waals surface area (Å²) in [4.78, 5) is 24.9. The molecule has 1 saturated heterocycles. The van der Waals surface area contributed by atoms with E-state index in [0.29, 0.717) is 19.4 Å². The fraction of sp³-hybridized carbons (Fsp3) is 0.846. The Morgan fingerprint density at radius 3 is 2.44 bits per heavy atom. The predicted molar refractivity (Wildman–Crippen MR) is 67.2 cm³/mol. The second-order valence-electron chi connectivity index (χ2n) is 5.38. The maximum atomic E-state index is 12.3. The van der Waals surface area contributed by atoms with Crippen molar-refractivity contribution in [3.05, 3.63) is 0 Å². The molecular formula is C13H23NO4. The Hall–Kier alpha value is -1.10. The summed E-state index contributed by atoms with van der Waals surface area (Å²) < 4.78 is 5.41. The van der Waals surface area contributed by atoms with Crippen molar-refractivity contribution in [2.75, 3.05) is 13.7 Å². The van der Waals surface area contributed by atoms with Crippen LogP contribution in [0.25, 0.3) is 0 Å². The first-order valence-electron chi connectivity index (χ1n) is 6.45. The molecule has 3 unspecified atom stereocenters. The van der Waals surface area contributed by atoms with Crippen LogP contribution < -0.4 is 0 Å². The number of carbonyl (C=O) groups is 2. The van der Waals surface area contributed by atoms with Crippen LogP contribution in [0.3, 0.4) is 0 Å². The molecule has 0 bridgehead atoms. The molecular weight excluding hydrogens is 234 g/mol. The summed E-state index contributed by atoms with van der Waals surface area (Å²) in [5.41, 5.74) is 0. The van der Waals surface area contributed by atoms with Crippen molar-refractivity contribution in [3.8, 4) is 0 Å². The van der Waals surface area contributed by atoms with E-state index in [1.54, 1.807) is 7.05 Å². The lowest BCUT2D eigenvalue weighted by Crippen LogP contribution is -2.49. The lowest BCUT2D eigenvalue weighted by molar-refractivity contribution is -0.154. The highest BCUT2D eigenvalue weighted by Crippen LogP contribution is 2.23. The number of carbonyl (C=O) groups excluding carboxylic acids is 1. The highest BCUT2D eigenvalue weighted by molar-refractivity contribution is 5.85. The van der Waals surface area contributed by atoms with Crippen LogP contribution in [0, 0.1) is 11.8 Å². The van der Waals surface area contributed by atoms with E-state index < -0.39 is 12.0 Å². The normalized spacial score (nSPS) is 25.8. The molecule has 1 aliphatic heterocycles. The molecule has 0 aliphatic carbocycles. The monoisotopic (exact) mass is 257 g/mol. The average molecular weight is 257 g/mol. The fourth-order valence-corrected chi connectivity index (χ4v) is 2.55. The lowest BCUT2D eigenvalue weighted by atomic mass is 9.93. The molecule has 1 rings (SSSR count). The Balaban J connectivity index is 2.72. The van der Waals surface area contributed by atoms with Crippen LogP contribution in [-0.2, 0) is 14.3 Å². The van der Waals surface area contributed by atoms with Crippen molar-refractivity contribution in [2.24, 2.45) is 11.8 Å². The van der Waals surface area contributed by atoms with Gasteiger partial charge in [-0.3, -0.25) is 4.79 Å². The van der Waals surface area contributed by atoms with Crippen LogP contribution in [-0.4, -0.2) is 47.7 Å². The highest BCUT2D eigenvalue weighted by Gasteiger charge is 2.34. The predicted octanol–water partition coefficient (Wildman–Crippen LogP) is 1.37. The van der Waals surface area contributed by atoms with Gasteiger partial charge in [-0.15, -0.1) is 0 Å². The second-order valence-corrected chi connectivity index (χ2v) is 5.38. The van der Waals surface area contributed by atoms with E-state index in [-0.39, 0.29) is 23.8 Å². The van der Waals surface area contributed by atoms with Gasteiger partial charge in [-0.05, 0) is 25.7 Å². The number of hydrogen-bond acceptors (Lipinski definition) is 3. The first kappa shape index (κ1) is 15.0. The quantitative estimate of drug-likeness (QED) is 0.826. The summed E-state index contributed by atoms with van der Waals surface area (Å²) in [6.07, 6.45) is 1.43. The second kappa shape index (κ2) is 6.18. The summed E-state index contributed by atoms with van der Waals surface area (Å²) in [5, 5.41) is 9.19. The van der Waals surface area contributed by atoms with E-state index in [1.165, 1.54) is 4.90 Å². The third kappa shape index (κ3) is 3.45. The van der Waals surface area contributed by atoms with Crippen LogP contribution in [0.2, 0.25) is 0 Å². The van der Waals surface area contributed by atoms with Gasteiger partial charge in [0.05, 0.1) is 6.10 Å². The van der Waals surface area contributed by atoms with Crippen LogP contribution >= 0.6 is 0 Å². The lowest BCUT2D eigenvalue weighted by Gasteiger charge is -2.33. The van der Waals surface area contributed by atoms with Crippen molar-refractivity contribution >= 4 is 11.9 Å². The number of likely N-dealkylation sites (N-methyl/N-ethyl adjacent to an activating group) is 1. The van der Waals surface area contributed by atoms with E-state index in [1.807, 2.05) is 20.8 Å². The SMILES string of the molecule is CC1CC(C(=O)N(C)C(C(=O)O)C(C)C)CCO1. The highest BCUT2D eigenvalue weighted by atomic mass is 16.5. The minimum atomic E-state index is -0.944. The number of aliphatic carboxylic acids is 1. The van der Waals surface area contributed by atoms with Crippen LogP contribution in [0.4, 0.5) is 0 Å². The molecule has 1 N–H and O–H groups in total. The zero-order valence-electron chi connectivity index (χ0n) is 11.5. The number of nitrogens with zero attached hydrogens (tertiary/aromatic N) is 1. The fourth-order valence-electron chi connectivity index (χ4n) is 2.55. The first-order valence-corrected chi connectivity index (χ1v) is 6.45. The van der Waals surface area contributed by atoms with Gasteiger partial charge < -0.3 is 14.7 Å². The molecule has 1 aliphatic rings. The molecule has 104 valence electrons. The third-order valence-electron chi connectivity index (χ3n) is 3.48. The minimum Gasteiger partial charge on any atom is -0.480 e. The van der Waals surface area contributed by atoms with Crippen molar-refractivity contribution < 1.29 is 19.4 Å². The van der Waals surface area contributed by atoms with Crippen molar-refractivity contribution in [1.82, 2.24) is 4.90 Å². The Morgan fingerprint density at radius 2 is 2.00 bits per heavy atom. The summed E-state index contributed by atoms with van der Waals surface area (Å²) in [5.74, 6) is -1.24. The molecule has 0 aromatic rings. The van der Waals surface area contributed by atoms with Gasteiger partial charge in [0.15, 0.2) is 0 Å².